The molecule has 0 aliphatic heterocycles. The van der Waals surface area contributed by atoms with Crippen LogP contribution in [0.25, 0.3) is 6.08 Å². The second-order valence-corrected chi connectivity index (χ2v) is 4.52. The third-order valence-electron chi connectivity index (χ3n) is 2.91. The Hall–Kier alpha value is -1.77. The molecule has 1 fully saturated rings. The largest absolute Gasteiger partial charge is 0.399 e. The molecule has 0 aromatic heterocycles. The van der Waals surface area contributed by atoms with Crippen LogP contribution in [0, 0.1) is 5.92 Å². The Morgan fingerprint density at radius 3 is 2.71 bits per heavy atom. The maximum Gasteiger partial charge on any atom is 0.243 e. The van der Waals surface area contributed by atoms with Crippen LogP contribution in [0.2, 0.25) is 0 Å². The molecule has 0 bridgehead atoms. The summed E-state index contributed by atoms with van der Waals surface area (Å²) in [6.07, 6.45) is 7.14. The van der Waals surface area contributed by atoms with Gasteiger partial charge in [0.25, 0.3) is 0 Å². The van der Waals surface area contributed by atoms with E-state index in [0.717, 1.165) is 30.1 Å². The van der Waals surface area contributed by atoms with Gasteiger partial charge in [0.1, 0.15) is 0 Å². The molecule has 0 unspecified atom stereocenters. The van der Waals surface area contributed by atoms with Crippen molar-refractivity contribution in [3.63, 3.8) is 0 Å². The number of nitrogens with one attached hydrogen (secondary N) is 1. The average Bonchev–Trinajstić information content (AvgIpc) is 3.12. The lowest BCUT2D eigenvalue weighted by Crippen LogP contribution is -2.22. The van der Waals surface area contributed by atoms with Crippen LogP contribution >= 0.6 is 0 Å². The van der Waals surface area contributed by atoms with Gasteiger partial charge in [-0.1, -0.05) is 25.0 Å². The van der Waals surface area contributed by atoms with E-state index in [4.69, 9.17) is 5.73 Å². The van der Waals surface area contributed by atoms with Crippen LogP contribution in [0.5, 0.6) is 0 Å². The van der Waals surface area contributed by atoms with Gasteiger partial charge in [-0.05, 0) is 36.1 Å². The van der Waals surface area contributed by atoms with E-state index >= 15 is 0 Å². The topological polar surface area (TPSA) is 55.1 Å². The van der Waals surface area contributed by atoms with E-state index in [1.807, 2.05) is 24.3 Å². The van der Waals surface area contributed by atoms with Gasteiger partial charge in [0.05, 0.1) is 0 Å². The van der Waals surface area contributed by atoms with E-state index in [1.54, 1.807) is 12.2 Å². The molecule has 17 heavy (non-hydrogen) atoms. The van der Waals surface area contributed by atoms with Crippen molar-refractivity contribution in [3.8, 4) is 0 Å². The van der Waals surface area contributed by atoms with Crippen LogP contribution in [0.4, 0.5) is 5.69 Å². The predicted octanol–water partition coefficient (Wildman–Crippen LogP) is 2.20. The van der Waals surface area contributed by atoms with Gasteiger partial charge in [-0.15, -0.1) is 0 Å². The minimum atomic E-state index is -0.0255. The molecule has 1 aromatic carbocycles. The highest BCUT2D eigenvalue weighted by Gasteiger charge is 2.20. The third kappa shape index (κ3) is 4.31. The number of rotatable bonds is 5. The molecule has 3 heteroatoms. The standard InChI is InChI=1S/C14H18N2O/c15-13-6-3-11(4-7-13)5-8-14(17)16-10-9-12-1-2-12/h3-8,12H,1-2,9-10,15H2,(H,16,17)/b8-5+. The third-order valence-corrected chi connectivity index (χ3v) is 2.91. The molecule has 2 rings (SSSR count). The van der Waals surface area contributed by atoms with Gasteiger partial charge in [0.2, 0.25) is 5.91 Å². The monoisotopic (exact) mass is 230 g/mol. The Kier molecular flexibility index (Phi) is 3.81. The van der Waals surface area contributed by atoms with Gasteiger partial charge in [0.15, 0.2) is 0 Å². The van der Waals surface area contributed by atoms with Gasteiger partial charge in [-0.3, -0.25) is 4.79 Å². The molecule has 1 aromatic rings. The number of anilines is 1. The van der Waals surface area contributed by atoms with Gasteiger partial charge in [-0.25, -0.2) is 0 Å². The summed E-state index contributed by atoms with van der Waals surface area (Å²) in [6, 6.07) is 7.43. The molecular weight excluding hydrogens is 212 g/mol. The maximum atomic E-state index is 11.5. The van der Waals surface area contributed by atoms with E-state index in [2.05, 4.69) is 5.32 Å². The maximum absolute atomic E-state index is 11.5. The van der Waals surface area contributed by atoms with Crippen molar-refractivity contribution in [1.82, 2.24) is 5.32 Å². The van der Waals surface area contributed by atoms with Crippen LogP contribution in [-0.4, -0.2) is 12.5 Å². The molecule has 3 N–H and O–H groups in total. The van der Waals surface area contributed by atoms with Crippen LogP contribution in [0.15, 0.2) is 30.3 Å². The molecule has 0 spiro atoms. The average molecular weight is 230 g/mol. The summed E-state index contributed by atoms with van der Waals surface area (Å²) in [6.45, 7) is 0.787. The number of hydrogen-bond donors (Lipinski definition) is 2. The minimum Gasteiger partial charge on any atom is -0.399 e. The van der Waals surface area contributed by atoms with Crippen molar-refractivity contribution >= 4 is 17.7 Å². The van der Waals surface area contributed by atoms with Gasteiger partial charge < -0.3 is 11.1 Å². The first-order valence-corrected chi connectivity index (χ1v) is 6.05. The number of hydrogen-bond acceptors (Lipinski definition) is 2. The van der Waals surface area contributed by atoms with Crippen molar-refractivity contribution in [3.05, 3.63) is 35.9 Å². The normalized spacial score (nSPS) is 15.1. The Balaban J connectivity index is 1.74. The van der Waals surface area contributed by atoms with Crippen LogP contribution in [-0.2, 0) is 4.79 Å². The highest BCUT2D eigenvalue weighted by molar-refractivity contribution is 5.91. The molecule has 0 heterocycles. The second kappa shape index (κ2) is 5.53. The molecule has 0 atom stereocenters. The van der Waals surface area contributed by atoms with Crippen molar-refractivity contribution in [1.29, 1.82) is 0 Å². The number of carbonyl (C=O) groups is 1. The summed E-state index contributed by atoms with van der Waals surface area (Å²) in [5, 5.41) is 2.89. The summed E-state index contributed by atoms with van der Waals surface area (Å²) >= 11 is 0. The Morgan fingerprint density at radius 2 is 2.06 bits per heavy atom. The highest BCUT2D eigenvalue weighted by atomic mass is 16.1. The fourth-order valence-corrected chi connectivity index (χ4v) is 1.64. The molecule has 0 saturated heterocycles. The first-order valence-electron chi connectivity index (χ1n) is 6.05. The Bertz CT molecular complexity index is 405. The first-order chi connectivity index (χ1) is 8.24. The predicted molar refractivity (Wildman–Crippen MR) is 70.2 cm³/mol. The smallest absolute Gasteiger partial charge is 0.243 e. The molecule has 1 saturated carbocycles. The lowest BCUT2D eigenvalue weighted by atomic mass is 10.2. The highest BCUT2D eigenvalue weighted by Crippen LogP contribution is 2.31. The molecule has 1 amide bonds. The number of carbonyl (C=O) groups excluding carboxylic acids is 1. The molecule has 1 aliphatic carbocycles. The first kappa shape index (κ1) is 11.7. The summed E-state index contributed by atoms with van der Waals surface area (Å²) in [4.78, 5) is 11.5. The molecule has 1 aliphatic rings. The Morgan fingerprint density at radius 1 is 1.35 bits per heavy atom. The van der Waals surface area contributed by atoms with E-state index in [0.29, 0.717) is 0 Å². The zero-order chi connectivity index (χ0) is 12.1. The summed E-state index contributed by atoms with van der Waals surface area (Å²) in [5.41, 5.74) is 7.29. The van der Waals surface area contributed by atoms with E-state index in [-0.39, 0.29) is 5.91 Å². The van der Waals surface area contributed by atoms with Gasteiger partial charge in [-0.2, -0.15) is 0 Å². The number of benzene rings is 1. The lowest BCUT2D eigenvalue weighted by molar-refractivity contribution is -0.116. The fraction of sp³-hybridized carbons (Fsp3) is 0.357. The fourth-order valence-electron chi connectivity index (χ4n) is 1.64. The molecular formula is C14H18N2O. The van der Waals surface area contributed by atoms with Crippen molar-refractivity contribution < 1.29 is 4.79 Å². The molecule has 3 nitrogen and oxygen atoms in total. The second-order valence-electron chi connectivity index (χ2n) is 4.52. The van der Waals surface area contributed by atoms with Crippen molar-refractivity contribution in [2.45, 2.75) is 19.3 Å². The number of nitrogen functional groups attached to an aromatic ring is 1. The molecule has 90 valence electrons. The van der Waals surface area contributed by atoms with E-state index in [9.17, 15) is 4.79 Å². The zero-order valence-electron chi connectivity index (χ0n) is 9.86. The van der Waals surface area contributed by atoms with Crippen LogP contribution in [0.1, 0.15) is 24.8 Å². The minimum absolute atomic E-state index is 0.0255. The molecule has 0 radical (unpaired) electrons. The summed E-state index contributed by atoms with van der Waals surface area (Å²) in [7, 11) is 0. The van der Waals surface area contributed by atoms with Crippen LogP contribution < -0.4 is 11.1 Å². The Labute approximate surface area is 102 Å². The van der Waals surface area contributed by atoms with Gasteiger partial charge in [0, 0.05) is 18.3 Å². The van der Waals surface area contributed by atoms with E-state index < -0.39 is 0 Å². The van der Waals surface area contributed by atoms with Crippen molar-refractivity contribution in [2.24, 2.45) is 5.92 Å². The van der Waals surface area contributed by atoms with Crippen molar-refractivity contribution in [2.75, 3.05) is 12.3 Å². The SMILES string of the molecule is Nc1ccc(/C=C/C(=O)NCCC2CC2)cc1. The summed E-state index contributed by atoms with van der Waals surface area (Å²) in [5.74, 6) is 0.832. The van der Waals surface area contributed by atoms with Gasteiger partial charge >= 0.3 is 0 Å². The lowest BCUT2D eigenvalue weighted by Gasteiger charge is -2.00. The van der Waals surface area contributed by atoms with E-state index in [1.165, 1.54) is 12.8 Å². The van der Waals surface area contributed by atoms with Crippen LogP contribution in [0.3, 0.4) is 0 Å². The zero-order valence-corrected chi connectivity index (χ0v) is 9.86. The number of amides is 1. The quantitative estimate of drug-likeness (QED) is 0.602. The summed E-state index contributed by atoms with van der Waals surface area (Å²) < 4.78 is 0. The number of nitrogens with two attached hydrogens (primary N) is 1.